The maximum absolute atomic E-state index is 11.4. The van der Waals surface area contributed by atoms with Crippen molar-refractivity contribution in [2.24, 2.45) is 5.73 Å². The molecule has 1 aliphatic carbocycles. The summed E-state index contributed by atoms with van der Waals surface area (Å²) >= 11 is 0. The Kier molecular flexibility index (Phi) is 1.87. The average Bonchev–Trinajstić information content (AvgIpc) is 2.83. The second-order valence-electron chi connectivity index (χ2n) is 3.55. The number of carbonyl (C=O) groups is 1. The Labute approximate surface area is 80.4 Å². The molecule has 0 aliphatic heterocycles. The fourth-order valence-corrected chi connectivity index (χ4v) is 1.45. The summed E-state index contributed by atoms with van der Waals surface area (Å²) in [6, 6.07) is 0. The molecule has 1 saturated carbocycles. The van der Waals surface area contributed by atoms with Crippen molar-refractivity contribution in [3.8, 4) is 0 Å². The van der Waals surface area contributed by atoms with E-state index >= 15 is 0 Å². The lowest BCUT2D eigenvalue weighted by atomic mass is 10.2. The van der Waals surface area contributed by atoms with E-state index in [1.54, 1.807) is 6.92 Å². The molecule has 1 fully saturated rings. The van der Waals surface area contributed by atoms with Crippen molar-refractivity contribution in [3.05, 3.63) is 27.4 Å². The first-order valence-corrected chi connectivity index (χ1v) is 4.50. The quantitative estimate of drug-likeness (QED) is 0.695. The van der Waals surface area contributed by atoms with Crippen LogP contribution in [0, 0.1) is 6.92 Å². The topological polar surface area (TPSA) is 88.8 Å². The smallest absolute Gasteiger partial charge is 0.264 e. The normalized spacial score (nSPS) is 15.5. The molecule has 3 N–H and O–H groups in total. The molecule has 1 heterocycles. The molecule has 0 bridgehead atoms. The first-order valence-electron chi connectivity index (χ1n) is 4.50. The van der Waals surface area contributed by atoms with Crippen LogP contribution in [0.1, 0.15) is 40.6 Å². The Balaban J connectivity index is 2.55. The van der Waals surface area contributed by atoms with E-state index in [0.29, 0.717) is 17.4 Å². The number of aryl methyl sites for hydroxylation is 1. The molecule has 0 aromatic carbocycles. The van der Waals surface area contributed by atoms with Gasteiger partial charge < -0.3 is 10.7 Å². The molecule has 14 heavy (non-hydrogen) atoms. The van der Waals surface area contributed by atoms with Crippen molar-refractivity contribution >= 4 is 5.91 Å². The van der Waals surface area contributed by atoms with Crippen LogP contribution >= 0.6 is 0 Å². The second kappa shape index (κ2) is 2.94. The largest absolute Gasteiger partial charge is 0.365 e. The third-order valence-electron chi connectivity index (χ3n) is 2.33. The zero-order chi connectivity index (χ0) is 10.3. The monoisotopic (exact) mass is 193 g/mol. The number of carbonyl (C=O) groups excluding carboxylic acids is 1. The number of nitrogens with one attached hydrogen (secondary N) is 1. The lowest BCUT2D eigenvalue weighted by Gasteiger charge is -2.02. The van der Waals surface area contributed by atoms with Gasteiger partial charge in [-0.3, -0.25) is 9.59 Å². The molecular formula is C9H11N3O2. The lowest BCUT2D eigenvalue weighted by molar-refractivity contribution is 0.0997. The van der Waals surface area contributed by atoms with Crippen LogP contribution in [-0.2, 0) is 0 Å². The minimum atomic E-state index is -0.724. The number of nitrogens with two attached hydrogens (primary N) is 1. The van der Waals surface area contributed by atoms with Crippen LogP contribution in [0.4, 0.5) is 0 Å². The van der Waals surface area contributed by atoms with Crippen molar-refractivity contribution in [1.82, 2.24) is 9.97 Å². The average molecular weight is 193 g/mol. The predicted molar refractivity (Wildman–Crippen MR) is 50.1 cm³/mol. The fraction of sp³-hybridized carbons (Fsp3) is 0.444. The Hall–Kier alpha value is -1.65. The van der Waals surface area contributed by atoms with Crippen LogP contribution in [-0.4, -0.2) is 15.9 Å². The summed E-state index contributed by atoms with van der Waals surface area (Å²) in [5.41, 5.74) is 5.02. The maximum atomic E-state index is 11.4. The van der Waals surface area contributed by atoms with Gasteiger partial charge in [0.15, 0.2) is 0 Å². The van der Waals surface area contributed by atoms with Crippen molar-refractivity contribution < 1.29 is 4.79 Å². The van der Waals surface area contributed by atoms with Crippen LogP contribution in [0.15, 0.2) is 4.79 Å². The Morgan fingerprint density at radius 1 is 1.57 bits per heavy atom. The van der Waals surface area contributed by atoms with Gasteiger partial charge in [-0.25, -0.2) is 4.98 Å². The van der Waals surface area contributed by atoms with E-state index in [0.717, 1.165) is 12.8 Å². The van der Waals surface area contributed by atoms with E-state index in [2.05, 4.69) is 9.97 Å². The molecule has 0 saturated heterocycles. The van der Waals surface area contributed by atoms with E-state index in [-0.39, 0.29) is 5.56 Å². The third kappa shape index (κ3) is 1.41. The summed E-state index contributed by atoms with van der Waals surface area (Å²) in [7, 11) is 0. The standard InChI is InChI=1S/C9H11N3O2/c1-4-6(7(10)13)9(14)12-8(11-4)5-2-3-5/h5H,2-3H2,1H3,(H2,10,13)(H,11,12,14). The van der Waals surface area contributed by atoms with Crippen LogP contribution in [0.5, 0.6) is 0 Å². The van der Waals surface area contributed by atoms with Gasteiger partial charge in [0.1, 0.15) is 11.4 Å². The number of amides is 1. The molecule has 0 atom stereocenters. The van der Waals surface area contributed by atoms with E-state index < -0.39 is 11.5 Å². The first kappa shape index (κ1) is 8.93. The molecule has 1 aromatic rings. The van der Waals surface area contributed by atoms with E-state index in [4.69, 9.17) is 5.73 Å². The minimum Gasteiger partial charge on any atom is -0.365 e. The number of rotatable bonds is 2. The van der Waals surface area contributed by atoms with Crippen molar-refractivity contribution in [1.29, 1.82) is 0 Å². The molecule has 0 unspecified atom stereocenters. The van der Waals surface area contributed by atoms with Crippen molar-refractivity contribution in [2.75, 3.05) is 0 Å². The molecule has 2 rings (SSSR count). The number of aromatic amines is 1. The van der Waals surface area contributed by atoms with Crippen LogP contribution in [0.3, 0.4) is 0 Å². The molecular weight excluding hydrogens is 182 g/mol. The highest BCUT2D eigenvalue weighted by Crippen LogP contribution is 2.37. The van der Waals surface area contributed by atoms with Gasteiger partial charge in [0, 0.05) is 5.92 Å². The Morgan fingerprint density at radius 3 is 2.64 bits per heavy atom. The maximum Gasteiger partial charge on any atom is 0.264 e. The Bertz CT molecular complexity index is 446. The SMILES string of the molecule is Cc1nc(C2CC2)[nH]c(=O)c1C(N)=O. The summed E-state index contributed by atoms with van der Waals surface area (Å²) in [6.45, 7) is 1.63. The summed E-state index contributed by atoms with van der Waals surface area (Å²) < 4.78 is 0. The highest BCUT2D eigenvalue weighted by atomic mass is 16.2. The van der Waals surface area contributed by atoms with Crippen molar-refractivity contribution in [3.63, 3.8) is 0 Å². The molecule has 1 aliphatic rings. The van der Waals surface area contributed by atoms with E-state index in [9.17, 15) is 9.59 Å². The van der Waals surface area contributed by atoms with E-state index in [1.165, 1.54) is 0 Å². The number of aromatic nitrogens is 2. The number of hydrogen-bond acceptors (Lipinski definition) is 3. The molecule has 5 heteroatoms. The molecule has 74 valence electrons. The number of primary amides is 1. The predicted octanol–water partition coefficient (Wildman–Crippen LogP) is 0.0546. The molecule has 1 amide bonds. The highest BCUT2D eigenvalue weighted by molar-refractivity contribution is 5.93. The first-order chi connectivity index (χ1) is 6.59. The minimum absolute atomic E-state index is 0.0330. The van der Waals surface area contributed by atoms with Crippen LogP contribution in [0.25, 0.3) is 0 Å². The summed E-state index contributed by atoms with van der Waals surface area (Å²) in [5, 5.41) is 0. The molecule has 5 nitrogen and oxygen atoms in total. The zero-order valence-corrected chi connectivity index (χ0v) is 7.83. The van der Waals surface area contributed by atoms with Gasteiger partial charge in [0.25, 0.3) is 11.5 Å². The van der Waals surface area contributed by atoms with Gasteiger partial charge in [-0.05, 0) is 19.8 Å². The van der Waals surface area contributed by atoms with Gasteiger partial charge in [-0.15, -0.1) is 0 Å². The summed E-state index contributed by atoms with van der Waals surface area (Å²) in [4.78, 5) is 29.1. The number of H-pyrrole nitrogens is 1. The fourth-order valence-electron chi connectivity index (χ4n) is 1.45. The van der Waals surface area contributed by atoms with Gasteiger partial charge in [-0.1, -0.05) is 0 Å². The third-order valence-corrected chi connectivity index (χ3v) is 2.33. The zero-order valence-electron chi connectivity index (χ0n) is 7.83. The summed E-state index contributed by atoms with van der Waals surface area (Å²) in [6.07, 6.45) is 2.11. The highest BCUT2D eigenvalue weighted by Gasteiger charge is 2.27. The van der Waals surface area contributed by atoms with Crippen LogP contribution < -0.4 is 11.3 Å². The number of nitrogens with zero attached hydrogens (tertiary/aromatic N) is 1. The number of hydrogen-bond donors (Lipinski definition) is 2. The second-order valence-corrected chi connectivity index (χ2v) is 3.55. The van der Waals surface area contributed by atoms with Gasteiger partial charge in [0.05, 0.1) is 5.69 Å². The molecule has 0 radical (unpaired) electrons. The molecule has 1 aromatic heterocycles. The van der Waals surface area contributed by atoms with Crippen LogP contribution in [0.2, 0.25) is 0 Å². The van der Waals surface area contributed by atoms with Gasteiger partial charge in [0.2, 0.25) is 0 Å². The van der Waals surface area contributed by atoms with Crippen molar-refractivity contribution in [2.45, 2.75) is 25.7 Å². The Morgan fingerprint density at radius 2 is 2.21 bits per heavy atom. The van der Waals surface area contributed by atoms with E-state index in [1.807, 2.05) is 0 Å². The summed E-state index contributed by atoms with van der Waals surface area (Å²) in [5.74, 6) is 0.319. The molecule has 0 spiro atoms. The van der Waals surface area contributed by atoms with Gasteiger partial charge in [-0.2, -0.15) is 0 Å². The lowest BCUT2D eigenvalue weighted by Crippen LogP contribution is -2.27. The van der Waals surface area contributed by atoms with Gasteiger partial charge >= 0.3 is 0 Å².